The number of primary sulfonamides is 1. The molecule has 0 radical (unpaired) electrons. The first kappa shape index (κ1) is 28.7. The van der Waals surface area contributed by atoms with Crippen LogP contribution in [0.2, 0.25) is 0 Å². The maximum atomic E-state index is 13.5. The fourth-order valence-corrected chi connectivity index (χ4v) is 5.12. The number of methoxy groups -OCH3 is 3. The molecule has 0 fully saturated rings. The van der Waals surface area contributed by atoms with E-state index < -0.39 is 10.0 Å². The Labute approximate surface area is 235 Å². The summed E-state index contributed by atoms with van der Waals surface area (Å²) in [6, 6.07) is 17.8. The number of ether oxygens (including phenoxy) is 3. The summed E-state index contributed by atoms with van der Waals surface area (Å²) >= 11 is 1.08. The number of nitrogens with one attached hydrogen (secondary N) is 1. The third-order valence-corrected chi connectivity index (χ3v) is 7.50. The van der Waals surface area contributed by atoms with Crippen molar-refractivity contribution in [2.45, 2.75) is 4.90 Å². The molecule has 4 rings (SSSR count). The smallest absolute Gasteiger partial charge is 0.283 e. The molecule has 0 aromatic heterocycles. The molecular weight excluding hydrogens is 556 g/mol. The lowest BCUT2D eigenvalue weighted by Crippen LogP contribution is -2.31. The maximum absolute atomic E-state index is 13.5. The van der Waals surface area contributed by atoms with Gasteiger partial charge in [0.15, 0.2) is 16.7 Å². The van der Waals surface area contributed by atoms with Crippen molar-refractivity contribution in [1.82, 2.24) is 0 Å². The van der Waals surface area contributed by atoms with E-state index in [0.717, 1.165) is 11.8 Å². The van der Waals surface area contributed by atoms with Crippen LogP contribution in [0.25, 0.3) is 6.08 Å². The molecule has 0 saturated carbocycles. The van der Waals surface area contributed by atoms with E-state index >= 15 is 0 Å². The first-order valence-corrected chi connectivity index (χ1v) is 14.2. The predicted molar refractivity (Wildman–Crippen MR) is 154 cm³/mol. The summed E-state index contributed by atoms with van der Waals surface area (Å²) in [7, 11) is 0.655. The van der Waals surface area contributed by atoms with Gasteiger partial charge in [0, 0.05) is 5.69 Å². The van der Waals surface area contributed by atoms with Gasteiger partial charge in [0.2, 0.25) is 21.7 Å². The van der Waals surface area contributed by atoms with Gasteiger partial charge in [0.1, 0.15) is 5.70 Å². The largest absolute Gasteiger partial charge is 0.493 e. The summed E-state index contributed by atoms with van der Waals surface area (Å²) in [5.41, 5.74) is 1.73. The van der Waals surface area contributed by atoms with Crippen molar-refractivity contribution in [2.24, 2.45) is 10.1 Å². The summed E-state index contributed by atoms with van der Waals surface area (Å²) < 4.78 is 39.1. The number of amides is 2. The Kier molecular flexibility index (Phi) is 8.77. The number of sulfonamides is 1. The highest BCUT2D eigenvalue weighted by Gasteiger charge is 2.32. The Balaban J connectivity index is 1.59. The number of nitrogens with two attached hydrogens (primary N) is 1. The monoisotopic (exact) mass is 582 g/mol. The highest BCUT2D eigenvalue weighted by atomic mass is 32.2. The van der Waals surface area contributed by atoms with Crippen LogP contribution in [0.15, 0.2) is 82.3 Å². The van der Waals surface area contributed by atoms with Crippen LogP contribution in [0, 0.1) is 0 Å². The normalized spacial score (nSPS) is 14.2. The van der Waals surface area contributed by atoms with Gasteiger partial charge in [-0.2, -0.15) is 0 Å². The zero-order valence-corrected chi connectivity index (χ0v) is 23.4. The summed E-state index contributed by atoms with van der Waals surface area (Å²) in [6.45, 7) is 0. The zero-order valence-electron chi connectivity index (χ0n) is 21.8. The van der Waals surface area contributed by atoms with Crippen LogP contribution in [0.3, 0.4) is 0 Å². The molecule has 13 heteroatoms. The van der Waals surface area contributed by atoms with E-state index in [0.29, 0.717) is 39.4 Å². The minimum Gasteiger partial charge on any atom is -0.493 e. The van der Waals surface area contributed by atoms with Gasteiger partial charge in [-0.05, 0) is 60.2 Å². The highest BCUT2D eigenvalue weighted by molar-refractivity contribution is 8.14. The molecule has 0 bridgehead atoms. The van der Waals surface area contributed by atoms with Crippen LogP contribution in [-0.2, 0) is 19.6 Å². The molecule has 11 nitrogen and oxygen atoms in total. The Morgan fingerprint density at radius 1 is 1.00 bits per heavy atom. The number of rotatable bonds is 9. The van der Waals surface area contributed by atoms with E-state index in [9.17, 15) is 18.0 Å². The van der Waals surface area contributed by atoms with Gasteiger partial charge in [-0.3, -0.25) is 14.5 Å². The fraction of sp³-hybridized carbons (Fsp3) is 0.148. The lowest BCUT2D eigenvalue weighted by Gasteiger charge is -2.17. The molecule has 1 aliphatic heterocycles. The van der Waals surface area contributed by atoms with Gasteiger partial charge in [0.25, 0.3) is 5.91 Å². The van der Waals surface area contributed by atoms with Gasteiger partial charge in [0.05, 0.1) is 37.7 Å². The average molecular weight is 583 g/mol. The molecule has 208 valence electrons. The number of thioether (sulfide) groups is 1. The van der Waals surface area contributed by atoms with Crippen molar-refractivity contribution in [2.75, 3.05) is 37.3 Å². The fourth-order valence-electron chi connectivity index (χ4n) is 3.80. The second-order valence-electron chi connectivity index (χ2n) is 8.26. The van der Waals surface area contributed by atoms with Crippen molar-refractivity contribution in [1.29, 1.82) is 0 Å². The molecule has 0 aliphatic carbocycles. The summed E-state index contributed by atoms with van der Waals surface area (Å²) in [6.07, 6.45) is 1.60. The molecular formula is C27H26N4O7S2. The van der Waals surface area contributed by atoms with Crippen molar-refractivity contribution in [3.05, 3.63) is 78.0 Å². The first-order chi connectivity index (χ1) is 19.1. The van der Waals surface area contributed by atoms with E-state index in [1.807, 2.05) is 6.07 Å². The topological polar surface area (TPSA) is 150 Å². The van der Waals surface area contributed by atoms with E-state index in [-0.39, 0.29) is 28.2 Å². The number of hydrogen-bond acceptors (Lipinski definition) is 9. The van der Waals surface area contributed by atoms with Gasteiger partial charge in [-0.1, -0.05) is 30.0 Å². The number of hydrogen-bond donors (Lipinski definition) is 2. The SMILES string of the molecule is COc1cc(/C=C2/N=C(SCC(=O)Nc3ccc(S(N)(=O)=O)cc3)N(c3ccccc3)C2=O)cc(OC)c1OC. The maximum Gasteiger partial charge on any atom is 0.283 e. The number of nitrogens with zero attached hydrogens (tertiary/aromatic N) is 2. The molecule has 1 heterocycles. The lowest BCUT2D eigenvalue weighted by molar-refractivity contribution is -0.114. The molecule has 0 atom stereocenters. The van der Waals surface area contributed by atoms with Crippen LogP contribution >= 0.6 is 11.8 Å². The summed E-state index contributed by atoms with van der Waals surface area (Å²) in [4.78, 5) is 32.1. The standard InChI is InChI=1S/C27H26N4O7S2/c1-36-22-14-17(15-23(37-2)25(22)38-3)13-21-26(33)31(19-7-5-4-6-8-19)27(30-21)39-16-24(32)29-18-9-11-20(12-10-18)40(28,34)35/h4-15H,16H2,1-3H3,(H,29,32)(H2,28,34,35)/b21-13+. The molecule has 3 aromatic rings. The first-order valence-electron chi connectivity index (χ1n) is 11.7. The van der Waals surface area contributed by atoms with E-state index in [4.69, 9.17) is 19.3 Å². The minimum absolute atomic E-state index is 0.0656. The minimum atomic E-state index is -3.84. The molecule has 2 amide bonds. The third kappa shape index (κ3) is 6.45. The van der Waals surface area contributed by atoms with Crippen LogP contribution in [0.4, 0.5) is 11.4 Å². The Bertz CT molecular complexity index is 1560. The average Bonchev–Trinajstić information content (AvgIpc) is 3.25. The number of aliphatic imine (C=N–C) groups is 1. The molecule has 0 unspecified atom stereocenters. The highest BCUT2D eigenvalue weighted by Crippen LogP contribution is 2.39. The second kappa shape index (κ2) is 12.2. The third-order valence-electron chi connectivity index (χ3n) is 5.63. The van der Waals surface area contributed by atoms with Crippen LogP contribution < -0.4 is 29.6 Å². The molecule has 3 aromatic carbocycles. The summed E-state index contributed by atoms with van der Waals surface area (Å²) in [5, 5.41) is 8.12. The number of carbonyl (C=O) groups excluding carboxylic acids is 2. The van der Waals surface area contributed by atoms with E-state index in [2.05, 4.69) is 10.3 Å². The summed E-state index contributed by atoms with van der Waals surface area (Å²) in [5.74, 6) is 0.447. The Morgan fingerprint density at radius 3 is 2.17 bits per heavy atom. The molecule has 3 N–H and O–H groups in total. The number of amidine groups is 1. The number of para-hydroxylation sites is 1. The molecule has 0 spiro atoms. The van der Waals surface area contributed by atoms with Crippen LogP contribution in [0.1, 0.15) is 5.56 Å². The van der Waals surface area contributed by atoms with Gasteiger partial charge < -0.3 is 19.5 Å². The number of carbonyl (C=O) groups is 2. The van der Waals surface area contributed by atoms with Crippen molar-refractivity contribution in [3.63, 3.8) is 0 Å². The molecule has 0 saturated heterocycles. The Hall–Kier alpha value is -4.33. The predicted octanol–water partition coefficient (Wildman–Crippen LogP) is 3.48. The van der Waals surface area contributed by atoms with Gasteiger partial charge >= 0.3 is 0 Å². The number of benzene rings is 3. The van der Waals surface area contributed by atoms with E-state index in [1.165, 1.54) is 50.5 Å². The zero-order chi connectivity index (χ0) is 28.9. The van der Waals surface area contributed by atoms with Crippen molar-refractivity contribution < 1.29 is 32.2 Å². The van der Waals surface area contributed by atoms with Crippen LogP contribution in [-0.4, -0.2) is 52.5 Å². The van der Waals surface area contributed by atoms with Gasteiger partial charge in [-0.15, -0.1) is 0 Å². The van der Waals surface area contributed by atoms with E-state index in [1.54, 1.807) is 42.5 Å². The lowest BCUT2D eigenvalue weighted by atomic mass is 10.1. The molecule has 40 heavy (non-hydrogen) atoms. The van der Waals surface area contributed by atoms with Crippen molar-refractivity contribution >= 4 is 56.2 Å². The van der Waals surface area contributed by atoms with Crippen LogP contribution in [0.5, 0.6) is 17.2 Å². The van der Waals surface area contributed by atoms with Gasteiger partial charge in [-0.25, -0.2) is 18.5 Å². The van der Waals surface area contributed by atoms with Crippen molar-refractivity contribution in [3.8, 4) is 17.2 Å². The Morgan fingerprint density at radius 2 is 1.62 bits per heavy atom. The number of anilines is 2. The second-order valence-corrected chi connectivity index (χ2v) is 10.8. The molecule has 1 aliphatic rings. The quantitative estimate of drug-likeness (QED) is 0.364.